The Balaban J connectivity index is 1.57. The lowest BCUT2D eigenvalue weighted by Crippen LogP contribution is -2.08. The molecule has 0 bridgehead atoms. The summed E-state index contributed by atoms with van der Waals surface area (Å²) in [6.45, 7) is 3.32. The molecule has 1 heteroatoms. The zero-order chi connectivity index (χ0) is 17.3. The van der Waals surface area contributed by atoms with Gasteiger partial charge in [0.1, 0.15) is 0 Å². The Labute approximate surface area is 151 Å². The topological polar surface area (TPSA) is 12.0 Å². The summed E-state index contributed by atoms with van der Waals surface area (Å²) >= 11 is 0. The summed E-state index contributed by atoms with van der Waals surface area (Å²) in [5.41, 5.74) is 5.49. The van der Waals surface area contributed by atoms with Crippen LogP contribution in [0.3, 0.4) is 0 Å². The number of anilines is 1. The average molecular weight is 329 g/mol. The number of para-hydroxylation sites is 1. The van der Waals surface area contributed by atoms with Crippen LogP contribution in [0, 0.1) is 0 Å². The molecule has 0 aliphatic heterocycles. The first-order chi connectivity index (χ1) is 12.3. The molecule has 3 rings (SSSR count). The monoisotopic (exact) mass is 329 g/mol. The fraction of sp³-hybridized carbons (Fsp3) is 0.250. The molecule has 0 aliphatic carbocycles. The van der Waals surface area contributed by atoms with Crippen molar-refractivity contribution in [1.82, 2.24) is 0 Å². The van der Waals surface area contributed by atoms with Gasteiger partial charge in [-0.1, -0.05) is 85.8 Å². The molecule has 0 radical (unpaired) electrons. The highest BCUT2D eigenvalue weighted by molar-refractivity contribution is 5.53. The van der Waals surface area contributed by atoms with Crippen LogP contribution in [-0.4, -0.2) is 6.54 Å². The van der Waals surface area contributed by atoms with Gasteiger partial charge in [-0.05, 0) is 47.9 Å². The Morgan fingerprint density at radius 2 is 1.32 bits per heavy atom. The number of hydrogen-bond acceptors (Lipinski definition) is 1. The van der Waals surface area contributed by atoms with Crippen LogP contribution in [-0.2, 0) is 12.8 Å². The number of hydrogen-bond donors (Lipinski definition) is 1. The number of rotatable bonds is 8. The SMILES string of the molecule is CC(Cc1ccccc1)c1ccccc1NCCCc1ccccc1. The molecule has 0 saturated carbocycles. The van der Waals surface area contributed by atoms with E-state index in [0.717, 1.165) is 25.8 Å². The summed E-state index contributed by atoms with van der Waals surface area (Å²) < 4.78 is 0. The maximum Gasteiger partial charge on any atom is 0.0375 e. The van der Waals surface area contributed by atoms with Crippen molar-refractivity contribution < 1.29 is 0 Å². The molecule has 1 N–H and O–H groups in total. The van der Waals surface area contributed by atoms with Gasteiger partial charge in [0.05, 0.1) is 0 Å². The Bertz CT molecular complexity index is 749. The van der Waals surface area contributed by atoms with Crippen molar-refractivity contribution in [3.63, 3.8) is 0 Å². The lowest BCUT2D eigenvalue weighted by molar-refractivity contribution is 0.758. The molecule has 0 amide bonds. The number of nitrogens with one attached hydrogen (secondary N) is 1. The highest BCUT2D eigenvalue weighted by atomic mass is 14.9. The fourth-order valence-electron chi connectivity index (χ4n) is 3.33. The van der Waals surface area contributed by atoms with Crippen LogP contribution in [0.2, 0.25) is 0 Å². The standard InChI is InChI=1S/C24H27N/c1-20(19-22-13-6-3-7-14-22)23-16-8-9-17-24(23)25-18-10-15-21-11-4-2-5-12-21/h2-9,11-14,16-17,20,25H,10,15,18-19H2,1H3. The van der Waals surface area contributed by atoms with E-state index in [4.69, 9.17) is 0 Å². The Morgan fingerprint density at radius 1 is 0.720 bits per heavy atom. The summed E-state index contributed by atoms with van der Waals surface area (Å²) in [6, 6.07) is 30.2. The van der Waals surface area contributed by atoms with Crippen molar-refractivity contribution in [1.29, 1.82) is 0 Å². The largest absolute Gasteiger partial charge is 0.385 e. The van der Waals surface area contributed by atoms with Gasteiger partial charge in [-0.15, -0.1) is 0 Å². The van der Waals surface area contributed by atoms with Crippen LogP contribution in [0.4, 0.5) is 5.69 Å². The zero-order valence-electron chi connectivity index (χ0n) is 15.0. The number of benzene rings is 3. The highest BCUT2D eigenvalue weighted by Crippen LogP contribution is 2.27. The van der Waals surface area contributed by atoms with Crippen molar-refractivity contribution in [2.45, 2.75) is 32.1 Å². The van der Waals surface area contributed by atoms with Crippen molar-refractivity contribution in [3.8, 4) is 0 Å². The van der Waals surface area contributed by atoms with Crippen LogP contribution in [0.25, 0.3) is 0 Å². The van der Waals surface area contributed by atoms with Gasteiger partial charge in [-0.25, -0.2) is 0 Å². The van der Waals surface area contributed by atoms with E-state index >= 15 is 0 Å². The predicted octanol–water partition coefficient (Wildman–Crippen LogP) is 6.08. The molecule has 1 unspecified atom stereocenters. The second-order valence-electron chi connectivity index (χ2n) is 6.69. The normalized spacial score (nSPS) is 11.9. The maximum absolute atomic E-state index is 3.65. The van der Waals surface area contributed by atoms with E-state index in [1.54, 1.807) is 0 Å². The Hall–Kier alpha value is -2.54. The third kappa shape index (κ3) is 5.22. The second-order valence-corrected chi connectivity index (χ2v) is 6.69. The van der Waals surface area contributed by atoms with E-state index in [0.29, 0.717) is 5.92 Å². The maximum atomic E-state index is 3.65. The molecule has 0 saturated heterocycles. The van der Waals surface area contributed by atoms with Crippen molar-refractivity contribution in [3.05, 3.63) is 102 Å². The van der Waals surface area contributed by atoms with Gasteiger partial charge in [0.2, 0.25) is 0 Å². The molecule has 128 valence electrons. The quantitative estimate of drug-likeness (QED) is 0.494. The highest BCUT2D eigenvalue weighted by Gasteiger charge is 2.10. The van der Waals surface area contributed by atoms with Gasteiger partial charge < -0.3 is 5.32 Å². The van der Waals surface area contributed by atoms with Crippen LogP contribution < -0.4 is 5.32 Å². The number of aryl methyl sites for hydroxylation is 1. The van der Waals surface area contributed by atoms with Gasteiger partial charge in [-0.3, -0.25) is 0 Å². The Morgan fingerprint density at radius 3 is 2.04 bits per heavy atom. The summed E-state index contributed by atoms with van der Waals surface area (Å²) in [4.78, 5) is 0. The molecule has 0 aliphatic rings. The lowest BCUT2D eigenvalue weighted by atomic mass is 9.92. The summed E-state index contributed by atoms with van der Waals surface area (Å²) in [5.74, 6) is 0.500. The zero-order valence-corrected chi connectivity index (χ0v) is 15.0. The minimum Gasteiger partial charge on any atom is -0.385 e. The van der Waals surface area contributed by atoms with Gasteiger partial charge in [0, 0.05) is 12.2 Å². The molecule has 0 heterocycles. The molecular weight excluding hydrogens is 302 g/mol. The van der Waals surface area contributed by atoms with Crippen LogP contribution in [0.15, 0.2) is 84.9 Å². The first kappa shape index (κ1) is 17.3. The van der Waals surface area contributed by atoms with E-state index in [1.165, 1.54) is 22.4 Å². The third-order valence-corrected chi connectivity index (χ3v) is 4.68. The van der Waals surface area contributed by atoms with Crippen LogP contribution in [0.5, 0.6) is 0 Å². The lowest BCUT2D eigenvalue weighted by Gasteiger charge is -2.18. The van der Waals surface area contributed by atoms with Crippen molar-refractivity contribution >= 4 is 5.69 Å². The smallest absolute Gasteiger partial charge is 0.0375 e. The molecule has 1 atom stereocenters. The molecule has 3 aromatic rings. The second kappa shape index (κ2) is 9.08. The minimum atomic E-state index is 0.500. The van der Waals surface area contributed by atoms with E-state index in [2.05, 4.69) is 97.2 Å². The molecule has 25 heavy (non-hydrogen) atoms. The average Bonchev–Trinajstić information content (AvgIpc) is 2.67. The van der Waals surface area contributed by atoms with Gasteiger partial charge in [0.15, 0.2) is 0 Å². The predicted molar refractivity (Wildman–Crippen MR) is 108 cm³/mol. The first-order valence-corrected chi connectivity index (χ1v) is 9.23. The third-order valence-electron chi connectivity index (χ3n) is 4.68. The van der Waals surface area contributed by atoms with Gasteiger partial charge in [0.25, 0.3) is 0 Å². The van der Waals surface area contributed by atoms with Crippen LogP contribution >= 0.6 is 0 Å². The minimum absolute atomic E-state index is 0.500. The molecule has 0 aromatic heterocycles. The molecule has 3 aromatic carbocycles. The molecule has 0 fully saturated rings. The summed E-state index contributed by atoms with van der Waals surface area (Å²) in [5, 5.41) is 3.65. The van der Waals surface area contributed by atoms with Crippen molar-refractivity contribution in [2.24, 2.45) is 0 Å². The van der Waals surface area contributed by atoms with E-state index in [1.807, 2.05) is 0 Å². The van der Waals surface area contributed by atoms with Crippen molar-refractivity contribution in [2.75, 3.05) is 11.9 Å². The molecule has 1 nitrogen and oxygen atoms in total. The van der Waals surface area contributed by atoms with Gasteiger partial charge >= 0.3 is 0 Å². The van der Waals surface area contributed by atoms with E-state index in [-0.39, 0.29) is 0 Å². The van der Waals surface area contributed by atoms with Crippen LogP contribution in [0.1, 0.15) is 36.0 Å². The Kier molecular flexibility index (Phi) is 6.28. The van der Waals surface area contributed by atoms with E-state index in [9.17, 15) is 0 Å². The molecular formula is C24H27N. The summed E-state index contributed by atoms with van der Waals surface area (Å²) in [7, 11) is 0. The van der Waals surface area contributed by atoms with Gasteiger partial charge in [-0.2, -0.15) is 0 Å². The first-order valence-electron chi connectivity index (χ1n) is 9.23. The van der Waals surface area contributed by atoms with E-state index < -0.39 is 0 Å². The summed E-state index contributed by atoms with van der Waals surface area (Å²) in [6.07, 6.45) is 3.34. The molecule has 0 spiro atoms. The fourth-order valence-corrected chi connectivity index (χ4v) is 3.33.